The second-order valence-electron chi connectivity index (χ2n) is 6.04. The largest absolute Gasteiger partial charge is 0.325 e. The van der Waals surface area contributed by atoms with Crippen molar-refractivity contribution in [2.45, 2.75) is 30.6 Å². The van der Waals surface area contributed by atoms with Crippen LogP contribution in [0.25, 0.3) is 0 Å². The summed E-state index contributed by atoms with van der Waals surface area (Å²) in [7, 11) is -3.77. The molecule has 0 saturated heterocycles. The molecular formula is C16H18N4O4S2. The SMILES string of the molecule is NS(=O)(=O)c1ccc(NC(=O)CSC2=NC(=O)C3CCCCC3=N2)cc1. The Morgan fingerprint density at radius 2 is 1.96 bits per heavy atom. The number of hydrogen-bond donors (Lipinski definition) is 2. The summed E-state index contributed by atoms with van der Waals surface area (Å²) in [6.45, 7) is 0. The molecular weight excluding hydrogens is 376 g/mol. The molecule has 1 fully saturated rings. The third-order valence-electron chi connectivity index (χ3n) is 4.12. The summed E-state index contributed by atoms with van der Waals surface area (Å²) in [5.41, 5.74) is 1.32. The molecule has 3 rings (SSSR count). The van der Waals surface area contributed by atoms with E-state index >= 15 is 0 Å². The van der Waals surface area contributed by atoms with Gasteiger partial charge in [0.15, 0.2) is 5.17 Å². The fourth-order valence-electron chi connectivity index (χ4n) is 2.83. The molecule has 1 atom stereocenters. The van der Waals surface area contributed by atoms with Crippen LogP contribution in [0.15, 0.2) is 39.1 Å². The molecule has 0 bridgehead atoms. The van der Waals surface area contributed by atoms with Crippen molar-refractivity contribution in [2.24, 2.45) is 21.0 Å². The van der Waals surface area contributed by atoms with E-state index in [9.17, 15) is 18.0 Å². The number of carbonyl (C=O) groups is 2. The molecule has 8 nitrogen and oxygen atoms in total. The summed E-state index contributed by atoms with van der Waals surface area (Å²) < 4.78 is 22.4. The van der Waals surface area contributed by atoms with E-state index in [4.69, 9.17) is 5.14 Å². The predicted molar refractivity (Wildman–Crippen MR) is 101 cm³/mol. The van der Waals surface area contributed by atoms with Crippen molar-refractivity contribution in [1.82, 2.24) is 0 Å². The monoisotopic (exact) mass is 394 g/mol. The lowest BCUT2D eigenvalue weighted by atomic mass is 9.86. The molecule has 1 aliphatic carbocycles. The molecule has 2 amide bonds. The Kier molecular flexibility index (Phi) is 5.54. The lowest BCUT2D eigenvalue weighted by Gasteiger charge is -2.24. The summed E-state index contributed by atoms with van der Waals surface area (Å²) in [5.74, 6) is -0.611. The van der Waals surface area contributed by atoms with Gasteiger partial charge in [-0.05, 0) is 43.5 Å². The van der Waals surface area contributed by atoms with Gasteiger partial charge in [-0.3, -0.25) is 9.59 Å². The van der Waals surface area contributed by atoms with E-state index in [0.29, 0.717) is 10.9 Å². The average Bonchev–Trinajstić information content (AvgIpc) is 2.60. The zero-order valence-corrected chi connectivity index (χ0v) is 15.5. The van der Waals surface area contributed by atoms with Crippen LogP contribution < -0.4 is 10.5 Å². The fraction of sp³-hybridized carbons (Fsp3) is 0.375. The molecule has 10 heteroatoms. The first-order chi connectivity index (χ1) is 12.3. The molecule has 1 heterocycles. The van der Waals surface area contributed by atoms with Crippen molar-refractivity contribution in [2.75, 3.05) is 11.1 Å². The molecule has 0 spiro atoms. The molecule has 1 aliphatic heterocycles. The Morgan fingerprint density at radius 3 is 2.65 bits per heavy atom. The lowest BCUT2D eigenvalue weighted by Crippen LogP contribution is -2.30. The standard InChI is InChI=1S/C16H18N4O4S2/c17-26(23,24)11-7-5-10(6-8-11)18-14(21)9-25-16-19-13-4-2-1-3-12(13)15(22)20-16/h5-8,12H,1-4,9H2,(H,18,21)(H2,17,23,24). The minimum absolute atomic E-state index is 0.0298. The Hall–Kier alpha value is -2.04. The van der Waals surface area contributed by atoms with Crippen molar-refractivity contribution < 1.29 is 18.0 Å². The van der Waals surface area contributed by atoms with E-state index < -0.39 is 10.0 Å². The van der Waals surface area contributed by atoms with E-state index in [1.54, 1.807) is 0 Å². The van der Waals surface area contributed by atoms with Crippen LogP contribution in [0.2, 0.25) is 0 Å². The van der Waals surface area contributed by atoms with Crippen LogP contribution in [0.5, 0.6) is 0 Å². The van der Waals surface area contributed by atoms with Crippen LogP contribution in [0, 0.1) is 5.92 Å². The number of amidine groups is 1. The van der Waals surface area contributed by atoms with Gasteiger partial charge in [-0.25, -0.2) is 18.5 Å². The van der Waals surface area contributed by atoms with Crippen LogP contribution >= 0.6 is 11.8 Å². The average molecular weight is 394 g/mol. The summed E-state index contributed by atoms with van der Waals surface area (Å²) in [6.07, 6.45) is 3.64. The van der Waals surface area contributed by atoms with Crippen molar-refractivity contribution >= 4 is 50.2 Å². The number of thioether (sulfide) groups is 1. The number of carbonyl (C=O) groups excluding carboxylic acids is 2. The first-order valence-corrected chi connectivity index (χ1v) is 10.6. The highest BCUT2D eigenvalue weighted by Gasteiger charge is 2.30. The molecule has 2 aliphatic rings. The molecule has 0 radical (unpaired) electrons. The Bertz CT molecular complexity index is 891. The highest BCUT2D eigenvalue weighted by molar-refractivity contribution is 8.14. The van der Waals surface area contributed by atoms with Gasteiger partial charge in [0, 0.05) is 11.4 Å². The molecule has 1 aromatic carbocycles. The second kappa shape index (κ2) is 7.68. The number of nitrogens with zero attached hydrogens (tertiary/aromatic N) is 2. The molecule has 0 aromatic heterocycles. The number of fused-ring (bicyclic) bond motifs is 1. The maximum Gasteiger partial charge on any atom is 0.256 e. The number of primary sulfonamides is 1. The van der Waals surface area contributed by atoms with Gasteiger partial charge in [0.05, 0.1) is 16.6 Å². The zero-order valence-electron chi connectivity index (χ0n) is 13.8. The third-order valence-corrected chi connectivity index (χ3v) is 5.90. The van der Waals surface area contributed by atoms with E-state index in [1.807, 2.05) is 0 Å². The second-order valence-corrected chi connectivity index (χ2v) is 8.54. The maximum atomic E-state index is 12.0. The van der Waals surface area contributed by atoms with Gasteiger partial charge < -0.3 is 5.32 Å². The van der Waals surface area contributed by atoms with Crippen LogP contribution in [-0.4, -0.2) is 36.9 Å². The normalized spacial score (nSPS) is 20.0. The molecule has 1 unspecified atom stereocenters. The van der Waals surface area contributed by atoms with E-state index in [1.165, 1.54) is 24.3 Å². The summed E-state index contributed by atoms with van der Waals surface area (Å²) in [5, 5.41) is 7.99. The van der Waals surface area contributed by atoms with Gasteiger partial charge in [0.1, 0.15) is 0 Å². The van der Waals surface area contributed by atoms with Gasteiger partial charge in [-0.15, -0.1) is 0 Å². The number of anilines is 1. The first-order valence-electron chi connectivity index (χ1n) is 8.08. The zero-order chi connectivity index (χ0) is 18.7. The number of nitrogens with two attached hydrogens (primary N) is 1. The van der Waals surface area contributed by atoms with Crippen LogP contribution in [0.3, 0.4) is 0 Å². The highest BCUT2D eigenvalue weighted by atomic mass is 32.2. The topological polar surface area (TPSA) is 131 Å². The minimum Gasteiger partial charge on any atom is -0.325 e. The first kappa shape index (κ1) is 18.7. The molecule has 138 valence electrons. The van der Waals surface area contributed by atoms with Crippen LogP contribution in [0.4, 0.5) is 5.69 Å². The number of aliphatic imine (C=N–C) groups is 2. The summed E-state index contributed by atoms with van der Waals surface area (Å²) in [6, 6.07) is 5.54. The minimum atomic E-state index is -3.77. The molecule has 26 heavy (non-hydrogen) atoms. The number of rotatable bonds is 4. The number of amides is 2. The van der Waals surface area contributed by atoms with Gasteiger partial charge in [-0.1, -0.05) is 18.2 Å². The van der Waals surface area contributed by atoms with Gasteiger partial charge in [0.25, 0.3) is 5.91 Å². The van der Waals surface area contributed by atoms with E-state index in [-0.39, 0.29) is 28.4 Å². The number of benzene rings is 1. The van der Waals surface area contributed by atoms with Gasteiger partial charge >= 0.3 is 0 Å². The lowest BCUT2D eigenvalue weighted by molar-refractivity contribution is -0.120. The molecule has 3 N–H and O–H groups in total. The van der Waals surface area contributed by atoms with Crippen molar-refractivity contribution in [3.63, 3.8) is 0 Å². The van der Waals surface area contributed by atoms with Gasteiger partial charge in [-0.2, -0.15) is 4.99 Å². The van der Waals surface area contributed by atoms with E-state index in [2.05, 4.69) is 15.3 Å². The molecule has 1 aromatic rings. The summed E-state index contributed by atoms with van der Waals surface area (Å²) >= 11 is 1.11. The number of hydrogen-bond acceptors (Lipinski definition) is 6. The smallest absolute Gasteiger partial charge is 0.256 e. The van der Waals surface area contributed by atoms with Crippen LogP contribution in [-0.2, 0) is 19.6 Å². The van der Waals surface area contributed by atoms with Gasteiger partial charge in [0.2, 0.25) is 15.9 Å². The fourth-order valence-corrected chi connectivity index (χ4v) is 4.02. The number of sulfonamides is 1. The highest BCUT2D eigenvalue weighted by Crippen LogP contribution is 2.27. The summed E-state index contributed by atoms with van der Waals surface area (Å²) in [4.78, 5) is 32.5. The van der Waals surface area contributed by atoms with Crippen LogP contribution in [0.1, 0.15) is 25.7 Å². The third kappa shape index (κ3) is 4.57. The van der Waals surface area contributed by atoms with E-state index in [0.717, 1.165) is 43.2 Å². The Labute approximate surface area is 155 Å². The maximum absolute atomic E-state index is 12.0. The van der Waals surface area contributed by atoms with Crippen molar-refractivity contribution in [3.8, 4) is 0 Å². The number of nitrogens with one attached hydrogen (secondary N) is 1. The quantitative estimate of drug-likeness (QED) is 0.799. The van der Waals surface area contributed by atoms with Crippen molar-refractivity contribution in [1.29, 1.82) is 0 Å². The Morgan fingerprint density at radius 1 is 1.23 bits per heavy atom. The Balaban J connectivity index is 1.56. The molecule has 1 saturated carbocycles. The van der Waals surface area contributed by atoms with Crippen molar-refractivity contribution in [3.05, 3.63) is 24.3 Å². The predicted octanol–water partition coefficient (Wildman–Crippen LogP) is 1.53.